The fourth-order valence-electron chi connectivity index (χ4n) is 1.61. The van der Waals surface area contributed by atoms with Gasteiger partial charge in [0.1, 0.15) is 5.69 Å². The zero-order valence-electron chi connectivity index (χ0n) is 13.7. The summed E-state index contributed by atoms with van der Waals surface area (Å²) in [5.74, 6) is -4.90. The first kappa shape index (κ1) is 20.8. The molecule has 5 nitrogen and oxygen atoms in total. The largest absolute Gasteiger partial charge is 0.449 e. The van der Waals surface area contributed by atoms with Crippen LogP contribution in [0.25, 0.3) is 0 Å². The van der Waals surface area contributed by atoms with Gasteiger partial charge in [0.15, 0.2) is 17.5 Å². The Morgan fingerprint density at radius 1 is 1.00 bits per heavy atom. The van der Waals surface area contributed by atoms with E-state index in [2.05, 4.69) is 9.47 Å². The highest BCUT2D eigenvalue weighted by Gasteiger charge is 2.32. The minimum Gasteiger partial charge on any atom is -0.449 e. The molecule has 0 saturated heterocycles. The Morgan fingerprint density at radius 3 is 1.83 bits per heavy atom. The normalized spacial score (nSPS) is 9.57. The predicted octanol–water partition coefficient (Wildman–Crippen LogP) is 4.56. The van der Waals surface area contributed by atoms with Gasteiger partial charge in [-0.2, -0.15) is 4.90 Å². The molecule has 2 amide bonds. The van der Waals surface area contributed by atoms with Gasteiger partial charge in [0, 0.05) is 0 Å². The standard InChI is InChI=1S/C13H14F3NO4.C2H6/c1-4-20-12(18)17(13(19)21-5-2)11-7(3)6-8(14)9(15)10(11)16;1-2/h6H,4-5H2,1-3H3;1-2H3. The molecule has 0 spiro atoms. The number of anilines is 1. The lowest BCUT2D eigenvalue weighted by atomic mass is 10.1. The Bertz CT molecular complexity index is 546. The highest BCUT2D eigenvalue weighted by Crippen LogP contribution is 2.29. The van der Waals surface area contributed by atoms with Crippen LogP contribution in [0.2, 0.25) is 0 Å². The first-order valence-corrected chi connectivity index (χ1v) is 7.12. The molecule has 0 radical (unpaired) electrons. The van der Waals surface area contributed by atoms with Crippen LogP contribution in [0.5, 0.6) is 0 Å². The van der Waals surface area contributed by atoms with Crippen molar-refractivity contribution in [1.82, 2.24) is 0 Å². The van der Waals surface area contributed by atoms with Crippen LogP contribution in [0.4, 0.5) is 28.4 Å². The zero-order chi connectivity index (χ0) is 18.2. The van der Waals surface area contributed by atoms with Crippen molar-refractivity contribution >= 4 is 17.9 Å². The third-order valence-electron chi connectivity index (χ3n) is 2.45. The lowest BCUT2D eigenvalue weighted by molar-refractivity contribution is 0.140. The highest BCUT2D eigenvalue weighted by atomic mass is 19.2. The molecule has 8 heteroatoms. The molecule has 23 heavy (non-hydrogen) atoms. The second-order valence-electron chi connectivity index (χ2n) is 3.89. The van der Waals surface area contributed by atoms with Crippen molar-refractivity contribution in [2.45, 2.75) is 34.6 Å². The molecule has 1 aromatic carbocycles. The first-order chi connectivity index (χ1) is 10.8. The summed E-state index contributed by atoms with van der Waals surface area (Å²) in [6, 6.07) is 0.666. The lowest BCUT2D eigenvalue weighted by Gasteiger charge is -2.21. The average molecular weight is 335 g/mol. The van der Waals surface area contributed by atoms with Crippen LogP contribution < -0.4 is 4.90 Å². The number of hydrogen-bond donors (Lipinski definition) is 0. The van der Waals surface area contributed by atoms with E-state index in [-0.39, 0.29) is 23.7 Å². The van der Waals surface area contributed by atoms with Crippen LogP contribution in [0.15, 0.2) is 6.07 Å². The van der Waals surface area contributed by atoms with Crippen molar-refractivity contribution in [3.8, 4) is 0 Å². The zero-order valence-corrected chi connectivity index (χ0v) is 13.7. The maximum Gasteiger partial charge on any atom is 0.424 e. The molecule has 0 fully saturated rings. The fourth-order valence-corrected chi connectivity index (χ4v) is 1.61. The Balaban J connectivity index is 0.00000232. The minimum absolute atomic E-state index is 0.0981. The number of amides is 2. The summed E-state index contributed by atoms with van der Waals surface area (Å²) in [5, 5.41) is 0. The quantitative estimate of drug-likeness (QED) is 0.760. The molecule has 130 valence electrons. The summed E-state index contributed by atoms with van der Waals surface area (Å²) in [6.45, 7) is 7.95. The Kier molecular flexibility index (Phi) is 8.75. The molecule has 0 bridgehead atoms. The summed E-state index contributed by atoms with van der Waals surface area (Å²) in [5.41, 5.74) is -0.904. The van der Waals surface area contributed by atoms with Crippen LogP contribution in [0.1, 0.15) is 33.3 Å². The molecule has 0 atom stereocenters. The van der Waals surface area contributed by atoms with Gasteiger partial charge < -0.3 is 9.47 Å². The highest BCUT2D eigenvalue weighted by molar-refractivity contribution is 6.10. The molecule has 0 N–H and O–H groups in total. The van der Waals surface area contributed by atoms with Crippen molar-refractivity contribution in [1.29, 1.82) is 0 Å². The molecule has 0 aliphatic carbocycles. The topological polar surface area (TPSA) is 55.8 Å². The van der Waals surface area contributed by atoms with Gasteiger partial charge in [-0.15, -0.1) is 0 Å². The molecule has 0 aromatic heterocycles. The second kappa shape index (κ2) is 9.70. The van der Waals surface area contributed by atoms with E-state index in [0.29, 0.717) is 6.07 Å². The number of benzene rings is 1. The Hall–Kier alpha value is -2.25. The molecular weight excluding hydrogens is 315 g/mol. The van der Waals surface area contributed by atoms with E-state index in [1.54, 1.807) is 0 Å². The summed E-state index contributed by atoms with van der Waals surface area (Å²) in [6.07, 6.45) is -2.49. The molecule has 0 saturated carbocycles. The summed E-state index contributed by atoms with van der Waals surface area (Å²) < 4.78 is 49.6. The Labute approximate surface area is 133 Å². The van der Waals surface area contributed by atoms with Crippen LogP contribution in [0.3, 0.4) is 0 Å². The smallest absolute Gasteiger partial charge is 0.424 e. The summed E-state index contributed by atoms with van der Waals surface area (Å²) >= 11 is 0. The van der Waals surface area contributed by atoms with Crippen LogP contribution in [-0.4, -0.2) is 25.4 Å². The number of nitrogens with zero attached hydrogens (tertiary/aromatic N) is 1. The van der Waals surface area contributed by atoms with Gasteiger partial charge in [0.2, 0.25) is 0 Å². The fraction of sp³-hybridized carbons (Fsp3) is 0.467. The van der Waals surface area contributed by atoms with Gasteiger partial charge in [-0.3, -0.25) is 0 Å². The summed E-state index contributed by atoms with van der Waals surface area (Å²) in [7, 11) is 0. The maximum atomic E-state index is 13.9. The molecule has 0 heterocycles. The number of rotatable bonds is 3. The molecule has 1 aromatic rings. The molecule has 0 aliphatic heterocycles. The van der Waals surface area contributed by atoms with Crippen LogP contribution in [0, 0.1) is 24.4 Å². The number of carbonyl (C=O) groups excluding carboxylic acids is 2. The van der Waals surface area contributed by atoms with Crippen molar-refractivity contribution in [3.63, 3.8) is 0 Å². The molecule has 1 rings (SSSR count). The maximum absolute atomic E-state index is 13.9. The van der Waals surface area contributed by atoms with E-state index >= 15 is 0 Å². The minimum atomic E-state index is -1.80. The average Bonchev–Trinajstić information content (AvgIpc) is 2.51. The summed E-state index contributed by atoms with van der Waals surface area (Å²) in [4.78, 5) is 23.8. The second-order valence-corrected chi connectivity index (χ2v) is 3.89. The lowest BCUT2D eigenvalue weighted by Crippen LogP contribution is -2.39. The van der Waals surface area contributed by atoms with Crippen molar-refractivity contribution in [2.24, 2.45) is 0 Å². The van der Waals surface area contributed by atoms with Crippen molar-refractivity contribution in [2.75, 3.05) is 18.1 Å². The van der Waals surface area contributed by atoms with Gasteiger partial charge in [0.05, 0.1) is 13.2 Å². The van der Waals surface area contributed by atoms with E-state index in [1.807, 2.05) is 13.8 Å². The SMILES string of the molecule is CC.CCOC(=O)N(C(=O)OCC)c1c(C)cc(F)c(F)c1F. The third kappa shape index (κ3) is 4.87. The van der Waals surface area contributed by atoms with E-state index < -0.39 is 35.3 Å². The molecule has 0 aliphatic rings. The van der Waals surface area contributed by atoms with Gasteiger partial charge in [-0.05, 0) is 32.4 Å². The monoisotopic (exact) mass is 335 g/mol. The molecule has 0 unspecified atom stereocenters. The van der Waals surface area contributed by atoms with E-state index in [1.165, 1.54) is 20.8 Å². The van der Waals surface area contributed by atoms with Crippen molar-refractivity contribution < 1.29 is 32.2 Å². The number of aryl methyl sites for hydroxylation is 1. The number of imide groups is 1. The first-order valence-electron chi connectivity index (χ1n) is 7.12. The van der Waals surface area contributed by atoms with Crippen LogP contribution >= 0.6 is 0 Å². The molecular formula is C15H20F3NO4. The Morgan fingerprint density at radius 2 is 1.43 bits per heavy atom. The van der Waals surface area contributed by atoms with Gasteiger partial charge in [-0.25, -0.2) is 22.8 Å². The van der Waals surface area contributed by atoms with Crippen molar-refractivity contribution in [3.05, 3.63) is 29.1 Å². The van der Waals surface area contributed by atoms with Gasteiger partial charge in [-0.1, -0.05) is 13.8 Å². The van der Waals surface area contributed by atoms with Gasteiger partial charge in [0.25, 0.3) is 0 Å². The van der Waals surface area contributed by atoms with Crippen LogP contribution in [-0.2, 0) is 9.47 Å². The number of halogens is 3. The van der Waals surface area contributed by atoms with Gasteiger partial charge >= 0.3 is 12.2 Å². The van der Waals surface area contributed by atoms with E-state index in [4.69, 9.17) is 0 Å². The number of hydrogen-bond acceptors (Lipinski definition) is 4. The predicted molar refractivity (Wildman–Crippen MR) is 78.9 cm³/mol. The third-order valence-corrected chi connectivity index (χ3v) is 2.45. The number of ether oxygens (including phenoxy) is 2. The number of carbonyl (C=O) groups is 2. The van der Waals surface area contributed by atoms with E-state index in [0.717, 1.165) is 0 Å². The van der Waals surface area contributed by atoms with E-state index in [9.17, 15) is 22.8 Å².